The summed E-state index contributed by atoms with van der Waals surface area (Å²) in [5.74, 6) is 1.73. The first-order valence-electron chi connectivity index (χ1n) is 8.57. The Balaban J connectivity index is 1.73. The molecule has 0 aliphatic heterocycles. The van der Waals surface area contributed by atoms with E-state index in [2.05, 4.69) is 34.3 Å². The van der Waals surface area contributed by atoms with E-state index < -0.39 is 0 Å². The predicted molar refractivity (Wildman–Crippen MR) is 92.1 cm³/mol. The number of nitrogens with zero attached hydrogens (tertiary/aromatic N) is 3. The second-order valence-corrected chi connectivity index (χ2v) is 6.54. The normalized spacial score (nSPS) is 12.3. The number of hydrogen-bond acceptors (Lipinski definition) is 5. The van der Waals surface area contributed by atoms with Gasteiger partial charge in [-0.25, -0.2) is 0 Å². The molecule has 0 saturated carbocycles. The molecule has 0 aliphatic carbocycles. The molecule has 0 bridgehead atoms. The van der Waals surface area contributed by atoms with E-state index in [1.54, 1.807) is 12.4 Å². The lowest BCUT2D eigenvalue weighted by molar-refractivity contribution is -0.121. The smallest absolute Gasteiger partial charge is 0.227 e. The Labute approximate surface area is 143 Å². The van der Waals surface area contributed by atoms with Crippen molar-refractivity contribution in [3.05, 3.63) is 30.4 Å². The van der Waals surface area contributed by atoms with Gasteiger partial charge in [-0.05, 0) is 31.4 Å². The summed E-state index contributed by atoms with van der Waals surface area (Å²) < 4.78 is 5.20. The fourth-order valence-corrected chi connectivity index (χ4v) is 2.45. The van der Waals surface area contributed by atoms with Crippen molar-refractivity contribution in [1.82, 2.24) is 20.4 Å². The minimum atomic E-state index is 0.0238. The van der Waals surface area contributed by atoms with E-state index in [0.717, 1.165) is 18.4 Å². The SMILES string of the molecule is CC(C)CCC[C@@H](C)NC(=O)CCc1nc(-c2ccncc2)no1. The van der Waals surface area contributed by atoms with Crippen LogP contribution in [0, 0.1) is 5.92 Å². The molecule has 0 fully saturated rings. The van der Waals surface area contributed by atoms with Gasteiger partial charge in [-0.2, -0.15) is 4.98 Å². The molecule has 130 valence electrons. The quantitative estimate of drug-likeness (QED) is 0.762. The van der Waals surface area contributed by atoms with Crippen LogP contribution in [0.5, 0.6) is 0 Å². The average molecular weight is 330 g/mol. The molecule has 0 aliphatic rings. The third-order valence-electron chi connectivity index (χ3n) is 3.80. The summed E-state index contributed by atoms with van der Waals surface area (Å²) in [4.78, 5) is 20.3. The van der Waals surface area contributed by atoms with Gasteiger partial charge < -0.3 is 9.84 Å². The lowest BCUT2D eigenvalue weighted by atomic mass is 10.0. The number of aromatic nitrogens is 3. The molecule has 0 saturated heterocycles. The molecule has 1 amide bonds. The van der Waals surface area contributed by atoms with Crippen molar-refractivity contribution in [2.75, 3.05) is 0 Å². The molecule has 0 aromatic carbocycles. The van der Waals surface area contributed by atoms with Crippen LogP contribution in [-0.4, -0.2) is 27.1 Å². The number of hydrogen-bond donors (Lipinski definition) is 1. The standard InChI is InChI=1S/C18H26N4O2/c1-13(2)5-4-6-14(3)20-16(23)7-8-17-21-18(22-24-17)15-9-11-19-12-10-15/h9-14H,4-8H2,1-3H3,(H,20,23)/t14-/m1/s1. The summed E-state index contributed by atoms with van der Waals surface area (Å²) in [7, 11) is 0. The van der Waals surface area contributed by atoms with Gasteiger partial charge in [0.25, 0.3) is 0 Å². The second kappa shape index (κ2) is 9.15. The Hall–Kier alpha value is -2.24. The molecular weight excluding hydrogens is 304 g/mol. The van der Waals surface area contributed by atoms with Gasteiger partial charge in [0.15, 0.2) is 0 Å². The first-order valence-corrected chi connectivity index (χ1v) is 8.57. The maximum absolute atomic E-state index is 12.0. The van der Waals surface area contributed by atoms with E-state index in [1.165, 1.54) is 6.42 Å². The number of rotatable bonds is 9. The fourth-order valence-electron chi connectivity index (χ4n) is 2.45. The highest BCUT2D eigenvalue weighted by Gasteiger charge is 2.12. The molecule has 24 heavy (non-hydrogen) atoms. The molecule has 1 N–H and O–H groups in total. The lowest BCUT2D eigenvalue weighted by Gasteiger charge is -2.14. The van der Waals surface area contributed by atoms with Crippen LogP contribution < -0.4 is 5.32 Å². The van der Waals surface area contributed by atoms with Crippen LogP contribution in [0.1, 0.15) is 52.3 Å². The van der Waals surface area contributed by atoms with Crippen LogP contribution in [0.3, 0.4) is 0 Å². The zero-order valence-electron chi connectivity index (χ0n) is 14.7. The van der Waals surface area contributed by atoms with E-state index in [1.807, 2.05) is 19.1 Å². The average Bonchev–Trinajstić information content (AvgIpc) is 3.02. The number of aryl methyl sites for hydroxylation is 1. The van der Waals surface area contributed by atoms with Crippen LogP contribution in [0.25, 0.3) is 11.4 Å². The molecule has 0 spiro atoms. The van der Waals surface area contributed by atoms with Gasteiger partial charge in [-0.15, -0.1) is 0 Å². The van der Waals surface area contributed by atoms with Gasteiger partial charge in [-0.3, -0.25) is 9.78 Å². The zero-order chi connectivity index (χ0) is 17.4. The Kier molecular flexibility index (Phi) is 6.90. The van der Waals surface area contributed by atoms with E-state index >= 15 is 0 Å². The third kappa shape index (κ3) is 6.10. The van der Waals surface area contributed by atoms with Crippen molar-refractivity contribution in [2.45, 2.75) is 58.9 Å². The minimum absolute atomic E-state index is 0.0238. The zero-order valence-corrected chi connectivity index (χ0v) is 14.7. The Morgan fingerprint density at radius 2 is 1.96 bits per heavy atom. The van der Waals surface area contributed by atoms with Crippen molar-refractivity contribution >= 4 is 5.91 Å². The predicted octanol–water partition coefficient (Wildman–Crippen LogP) is 3.40. The molecule has 2 aromatic heterocycles. The summed E-state index contributed by atoms with van der Waals surface area (Å²) in [6.45, 7) is 6.48. The summed E-state index contributed by atoms with van der Waals surface area (Å²) in [5, 5.41) is 6.96. The van der Waals surface area contributed by atoms with Crippen LogP contribution >= 0.6 is 0 Å². The lowest BCUT2D eigenvalue weighted by Crippen LogP contribution is -2.32. The number of nitrogens with one attached hydrogen (secondary N) is 1. The highest BCUT2D eigenvalue weighted by atomic mass is 16.5. The summed E-state index contributed by atoms with van der Waals surface area (Å²) in [6.07, 6.45) is 7.50. The highest BCUT2D eigenvalue weighted by Crippen LogP contribution is 2.14. The number of carbonyl (C=O) groups excluding carboxylic acids is 1. The van der Waals surface area contributed by atoms with Gasteiger partial charge in [0.05, 0.1) is 0 Å². The highest BCUT2D eigenvalue weighted by molar-refractivity contribution is 5.76. The monoisotopic (exact) mass is 330 g/mol. The number of carbonyl (C=O) groups is 1. The molecular formula is C18H26N4O2. The van der Waals surface area contributed by atoms with Crippen LogP contribution in [-0.2, 0) is 11.2 Å². The Morgan fingerprint density at radius 3 is 2.67 bits per heavy atom. The largest absolute Gasteiger partial charge is 0.354 e. The Bertz CT molecular complexity index is 625. The fraction of sp³-hybridized carbons (Fsp3) is 0.556. The molecule has 0 unspecified atom stereocenters. The number of amides is 1. The van der Waals surface area contributed by atoms with Crippen LogP contribution in [0.2, 0.25) is 0 Å². The van der Waals surface area contributed by atoms with Gasteiger partial charge in [0.2, 0.25) is 17.6 Å². The van der Waals surface area contributed by atoms with Crippen molar-refractivity contribution in [2.24, 2.45) is 5.92 Å². The summed E-state index contributed by atoms with van der Waals surface area (Å²) >= 11 is 0. The second-order valence-electron chi connectivity index (χ2n) is 6.54. The van der Waals surface area contributed by atoms with Crippen molar-refractivity contribution < 1.29 is 9.32 Å². The summed E-state index contributed by atoms with van der Waals surface area (Å²) in [6, 6.07) is 3.84. The van der Waals surface area contributed by atoms with Crippen LogP contribution in [0.15, 0.2) is 29.0 Å². The van der Waals surface area contributed by atoms with Crippen molar-refractivity contribution in [1.29, 1.82) is 0 Å². The molecule has 2 rings (SSSR count). The van der Waals surface area contributed by atoms with Gasteiger partial charge in [0, 0.05) is 36.8 Å². The Morgan fingerprint density at radius 1 is 1.21 bits per heavy atom. The van der Waals surface area contributed by atoms with E-state index in [0.29, 0.717) is 30.5 Å². The van der Waals surface area contributed by atoms with Gasteiger partial charge >= 0.3 is 0 Å². The molecule has 1 atom stereocenters. The van der Waals surface area contributed by atoms with E-state index in [9.17, 15) is 4.79 Å². The maximum Gasteiger partial charge on any atom is 0.227 e. The van der Waals surface area contributed by atoms with E-state index in [-0.39, 0.29) is 11.9 Å². The molecule has 2 heterocycles. The van der Waals surface area contributed by atoms with Gasteiger partial charge in [-0.1, -0.05) is 31.8 Å². The van der Waals surface area contributed by atoms with Crippen molar-refractivity contribution in [3.8, 4) is 11.4 Å². The van der Waals surface area contributed by atoms with Gasteiger partial charge in [0.1, 0.15) is 0 Å². The van der Waals surface area contributed by atoms with Crippen LogP contribution in [0.4, 0.5) is 0 Å². The molecule has 6 nitrogen and oxygen atoms in total. The topological polar surface area (TPSA) is 80.9 Å². The van der Waals surface area contributed by atoms with E-state index in [4.69, 9.17) is 4.52 Å². The first-order chi connectivity index (χ1) is 11.5. The third-order valence-corrected chi connectivity index (χ3v) is 3.80. The maximum atomic E-state index is 12.0. The minimum Gasteiger partial charge on any atom is -0.354 e. The molecule has 0 radical (unpaired) electrons. The summed E-state index contributed by atoms with van der Waals surface area (Å²) in [5.41, 5.74) is 0.850. The number of pyridine rings is 1. The molecule has 6 heteroatoms. The first kappa shape index (κ1) is 18.1. The molecule has 2 aromatic rings. The van der Waals surface area contributed by atoms with Crippen molar-refractivity contribution in [3.63, 3.8) is 0 Å².